The molecule has 0 aliphatic rings. The van der Waals surface area contributed by atoms with E-state index in [0.29, 0.717) is 21.9 Å². The maximum Gasteiger partial charge on any atom is 0.354 e. The van der Waals surface area contributed by atoms with Gasteiger partial charge in [0.15, 0.2) is 0 Å². The van der Waals surface area contributed by atoms with E-state index in [4.69, 9.17) is 11.6 Å². The molecule has 0 aliphatic carbocycles. The van der Waals surface area contributed by atoms with Crippen LogP contribution >= 0.6 is 11.6 Å². The molecule has 0 N–H and O–H groups in total. The monoisotopic (exact) mass is 225 g/mol. The normalized spacial score (nSPS) is 10.6. The lowest BCUT2D eigenvalue weighted by atomic mass is 10.3. The molecule has 15 heavy (non-hydrogen) atoms. The molecule has 2 aromatic rings. The molecule has 0 fully saturated rings. The minimum Gasteiger partial charge on any atom is -0.464 e. The lowest BCUT2D eigenvalue weighted by Gasteiger charge is -2.00. The van der Waals surface area contributed by atoms with Crippen molar-refractivity contribution >= 4 is 28.6 Å². The number of carbonyl (C=O) groups excluding carboxylic acids is 1. The second-order valence-corrected chi connectivity index (χ2v) is 3.34. The van der Waals surface area contributed by atoms with E-state index in [2.05, 4.69) is 14.7 Å². The van der Waals surface area contributed by atoms with Crippen LogP contribution in [0.3, 0.4) is 0 Å². The second kappa shape index (κ2) is 3.51. The highest BCUT2D eigenvalue weighted by Gasteiger charge is 2.16. The van der Waals surface area contributed by atoms with Crippen molar-refractivity contribution in [2.24, 2.45) is 7.05 Å². The first kappa shape index (κ1) is 9.92. The van der Waals surface area contributed by atoms with Crippen molar-refractivity contribution < 1.29 is 9.53 Å². The second-order valence-electron chi connectivity index (χ2n) is 2.98. The minimum absolute atomic E-state index is 0.325. The lowest BCUT2D eigenvalue weighted by molar-refractivity contribution is 0.0590. The molecular weight excluding hydrogens is 218 g/mol. The first-order valence-electron chi connectivity index (χ1n) is 4.19. The number of halogens is 1. The molecule has 0 amide bonds. The van der Waals surface area contributed by atoms with E-state index in [1.807, 2.05) is 0 Å². The summed E-state index contributed by atoms with van der Waals surface area (Å²) in [5, 5.41) is 0.966. The number of carbonyl (C=O) groups is 1. The van der Waals surface area contributed by atoms with Gasteiger partial charge in [-0.1, -0.05) is 11.6 Å². The number of esters is 1. The zero-order valence-corrected chi connectivity index (χ0v) is 8.95. The molecule has 0 saturated heterocycles. The molecule has 6 heteroatoms. The van der Waals surface area contributed by atoms with Crippen molar-refractivity contribution in [1.82, 2.24) is 14.5 Å². The van der Waals surface area contributed by atoms with Crippen LogP contribution in [0, 0.1) is 0 Å². The predicted molar refractivity (Wildman–Crippen MR) is 54.9 cm³/mol. The molecule has 2 rings (SSSR count). The molecule has 0 aromatic carbocycles. The first-order chi connectivity index (χ1) is 7.15. The number of ether oxygens (including phenoxy) is 1. The van der Waals surface area contributed by atoms with Crippen LogP contribution in [0.25, 0.3) is 11.0 Å². The Labute approximate surface area is 90.6 Å². The fraction of sp³-hybridized carbons (Fsp3) is 0.222. The number of hydrogen-bond donors (Lipinski definition) is 0. The van der Waals surface area contributed by atoms with Crippen molar-refractivity contribution in [2.45, 2.75) is 0 Å². The van der Waals surface area contributed by atoms with Crippen LogP contribution in [0.4, 0.5) is 0 Å². The average Bonchev–Trinajstić information content (AvgIpc) is 2.57. The summed E-state index contributed by atoms with van der Waals surface area (Å²) in [6.45, 7) is 0. The Balaban J connectivity index is 2.75. The largest absolute Gasteiger partial charge is 0.464 e. The molecule has 2 aromatic heterocycles. The smallest absolute Gasteiger partial charge is 0.354 e. The first-order valence-corrected chi connectivity index (χ1v) is 4.57. The summed E-state index contributed by atoms with van der Waals surface area (Å²) in [6.07, 6.45) is 1.35. The third-order valence-corrected chi connectivity index (χ3v) is 2.47. The summed E-state index contributed by atoms with van der Waals surface area (Å²) < 4.78 is 6.26. The quantitative estimate of drug-likeness (QED) is 0.544. The van der Waals surface area contributed by atoms with Gasteiger partial charge in [0.2, 0.25) is 0 Å². The lowest BCUT2D eigenvalue weighted by Crippen LogP contribution is -2.07. The molecule has 0 saturated carbocycles. The summed E-state index contributed by atoms with van der Waals surface area (Å²) in [6, 6.07) is 1.61. The zero-order chi connectivity index (χ0) is 11.0. The van der Waals surface area contributed by atoms with Gasteiger partial charge in [0.05, 0.1) is 12.5 Å². The number of rotatable bonds is 1. The van der Waals surface area contributed by atoms with E-state index in [0.717, 1.165) is 0 Å². The van der Waals surface area contributed by atoms with Crippen LogP contribution in [0.1, 0.15) is 10.5 Å². The molecule has 0 bridgehead atoms. The van der Waals surface area contributed by atoms with Crippen LogP contribution in [-0.2, 0) is 11.8 Å². The SMILES string of the molecule is COC(=O)c1cc2c(Cl)ncnc2n1C. The molecule has 2 heterocycles. The van der Waals surface area contributed by atoms with E-state index in [1.165, 1.54) is 13.4 Å². The number of nitrogens with zero attached hydrogens (tertiary/aromatic N) is 3. The van der Waals surface area contributed by atoms with E-state index >= 15 is 0 Å². The van der Waals surface area contributed by atoms with Gasteiger partial charge in [0.1, 0.15) is 22.8 Å². The van der Waals surface area contributed by atoms with Crippen molar-refractivity contribution in [3.63, 3.8) is 0 Å². The molecular formula is C9H8ClN3O2. The Morgan fingerprint density at radius 1 is 1.53 bits per heavy atom. The van der Waals surface area contributed by atoms with Gasteiger partial charge < -0.3 is 9.30 Å². The molecule has 5 nitrogen and oxygen atoms in total. The molecule has 78 valence electrons. The number of methoxy groups -OCH3 is 1. The third kappa shape index (κ3) is 1.45. The fourth-order valence-electron chi connectivity index (χ4n) is 1.41. The molecule has 0 aliphatic heterocycles. The van der Waals surface area contributed by atoms with Gasteiger partial charge in [0.25, 0.3) is 0 Å². The van der Waals surface area contributed by atoms with Crippen LogP contribution in [0.15, 0.2) is 12.4 Å². The van der Waals surface area contributed by atoms with Crippen molar-refractivity contribution in [2.75, 3.05) is 7.11 Å². The van der Waals surface area contributed by atoms with Crippen LogP contribution in [0.2, 0.25) is 5.15 Å². The summed E-state index contributed by atoms with van der Waals surface area (Å²) in [5.41, 5.74) is 1.00. The van der Waals surface area contributed by atoms with Gasteiger partial charge in [-0.15, -0.1) is 0 Å². The maximum atomic E-state index is 11.4. The van der Waals surface area contributed by atoms with Gasteiger partial charge in [0, 0.05) is 7.05 Å². The Bertz CT molecular complexity index is 535. The molecule has 0 spiro atoms. The number of aromatic nitrogens is 3. The minimum atomic E-state index is -0.424. The molecule has 0 radical (unpaired) electrons. The highest BCUT2D eigenvalue weighted by molar-refractivity contribution is 6.34. The third-order valence-electron chi connectivity index (χ3n) is 2.17. The Morgan fingerprint density at radius 3 is 2.87 bits per heavy atom. The van der Waals surface area contributed by atoms with Crippen LogP contribution in [0.5, 0.6) is 0 Å². The molecule has 0 atom stereocenters. The van der Waals surface area contributed by atoms with Gasteiger partial charge in [-0.3, -0.25) is 0 Å². The van der Waals surface area contributed by atoms with E-state index < -0.39 is 5.97 Å². The highest BCUT2D eigenvalue weighted by atomic mass is 35.5. The predicted octanol–water partition coefficient (Wildman–Crippen LogP) is 1.41. The summed E-state index contributed by atoms with van der Waals surface area (Å²) in [4.78, 5) is 19.3. The highest BCUT2D eigenvalue weighted by Crippen LogP contribution is 2.22. The fourth-order valence-corrected chi connectivity index (χ4v) is 1.59. The zero-order valence-electron chi connectivity index (χ0n) is 8.19. The van der Waals surface area contributed by atoms with Gasteiger partial charge in [-0.05, 0) is 6.07 Å². The number of aryl methyl sites for hydroxylation is 1. The topological polar surface area (TPSA) is 57.0 Å². The van der Waals surface area contributed by atoms with Gasteiger partial charge in [-0.2, -0.15) is 0 Å². The Morgan fingerprint density at radius 2 is 2.27 bits per heavy atom. The summed E-state index contributed by atoms with van der Waals surface area (Å²) in [7, 11) is 3.05. The standard InChI is InChI=1S/C9H8ClN3O2/c1-13-6(9(14)15-2)3-5-7(10)11-4-12-8(5)13/h3-4H,1-2H3. The average molecular weight is 226 g/mol. The van der Waals surface area contributed by atoms with Crippen molar-refractivity contribution in [3.05, 3.63) is 23.2 Å². The van der Waals surface area contributed by atoms with Crippen molar-refractivity contribution in [1.29, 1.82) is 0 Å². The Hall–Kier alpha value is -1.62. The van der Waals surface area contributed by atoms with Crippen molar-refractivity contribution in [3.8, 4) is 0 Å². The van der Waals surface area contributed by atoms with Crippen LogP contribution < -0.4 is 0 Å². The summed E-state index contributed by atoms with van der Waals surface area (Å²) in [5.74, 6) is -0.424. The number of fused-ring (bicyclic) bond motifs is 1. The van der Waals surface area contributed by atoms with Crippen LogP contribution in [-0.4, -0.2) is 27.6 Å². The summed E-state index contributed by atoms with van der Waals surface area (Å²) >= 11 is 5.87. The van der Waals surface area contributed by atoms with E-state index in [-0.39, 0.29) is 0 Å². The molecule has 0 unspecified atom stereocenters. The van der Waals surface area contributed by atoms with E-state index in [9.17, 15) is 4.79 Å². The van der Waals surface area contributed by atoms with Gasteiger partial charge in [-0.25, -0.2) is 14.8 Å². The number of hydrogen-bond acceptors (Lipinski definition) is 4. The maximum absolute atomic E-state index is 11.4. The Kier molecular flexibility index (Phi) is 2.32. The van der Waals surface area contributed by atoms with Gasteiger partial charge >= 0.3 is 5.97 Å². The van der Waals surface area contributed by atoms with E-state index in [1.54, 1.807) is 17.7 Å².